The predicted octanol–water partition coefficient (Wildman–Crippen LogP) is 1.19. The number of β-amino-alcohol motifs (C(OH)–C–C–N with tert-alkyl or cyclic N) is 1. The number of hydrogen-bond acceptors (Lipinski definition) is 5. The average Bonchev–Trinajstić information content (AvgIpc) is 2.72. The van der Waals surface area contributed by atoms with E-state index in [2.05, 4.69) is 0 Å². The van der Waals surface area contributed by atoms with Crippen LogP contribution in [0, 0.1) is 0 Å². The maximum absolute atomic E-state index is 12.1. The largest absolute Gasteiger partial charge is 0.459 e. The van der Waals surface area contributed by atoms with Crippen LogP contribution in [-0.2, 0) is 14.3 Å². The van der Waals surface area contributed by atoms with Gasteiger partial charge in [-0.05, 0) is 47.1 Å². The van der Waals surface area contributed by atoms with Crippen LogP contribution >= 0.6 is 0 Å². The van der Waals surface area contributed by atoms with Crippen molar-refractivity contribution >= 4 is 5.97 Å². The highest BCUT2D eigenvalue weighted by Crippen LogP contribution is 2.21. The normalized spacial score (nSPS) is 22.5. The zero-order valence-corrected chi connectivity index (χ0v) is 12.5. The number of likely N-dealkylation sites (tertiary alicyclic amines) is 1. The Morgan fingerprint density at radius 3 is 2.74 bits per heavy atom. The molecule has 5 nitrogen and oxygen atoms in total. The van der Waals surface area contributed by atoms with E-state index in [-0.39, 0.29) is 12.0 Å². The third kappa shape index (κ3) is 5.89. The lowest BCUT2D eigenvalue weighted by Crippen LogP contribution is -2.44. The standard InChI is InChI=1S/C14H27NO4/c1-5-18-10-11(16)9-15-8-6-7-12(15)13(17)19-14(2,3)4/h11-12,16H,5-10H2,1-4H3/t11?,12-/m1/s1. The minimum Gasteiger partial charge on any atom is -0.459 e. The van der Waals surface area contributed by atoms with Crippen molar-refractivity contribution < 1.29 is 19.4 Å². The number of aliphatic hydroxyl groups excluding tert-OH is 1. The van der Waals surface area contributed by atoms with Crippen LogP contribution in [0.15, 0.2) is 0 Å². The number of ether oxygens (including phenoxy) is 2. The van der Waals surface area contributed by atoms with Crippen LogP contribution < -0.4 is 0 Å². The van der Waals surface area contributed by atoms with Crippen molar-refractivity contribution in [3.05, 3.63) is 0 Å². The smallest absolute Gasteiger partial charge is 0.323 e. The lowest BCUT2D eigenvalue weighted by molar-refractivity contribution is -0.160. The first-order valence-corrected chi connectivity index (χ1v) is 7.06. The summed E-state index contributed by atoms with van der Waals surface area (Å²) in [6.45, 7) is 9.69. The lowest BCUT2D eigenvalue weighted by atomic mass is 10.1. The van der Waals surface area contributed by atoms with Gasteiger partial charge in [-0.2, -0.15) is 0 Å². The molecule has 1 aliphatic heterocycles. The van der Waals surface area contributed by atoms with Crippen molar-refractivity contribution in [1.29, 1.82) is 0 Å². The average molecular weight is 273 g/mol. The molecule has 1 fully saturated rings. The fourth-order valence-electron chi connectivity index (χ4n) is 2.26. The molecule has 1 aliphatic rings. The van der Waals surface area contributed by atoms with Crippen LogP contribution in [0.3, 0.4) is 0 Å². The Balaban J connectivity index is 2.47. The van der Waals surface area contributed by atoms with Gasteiger partial charge in [0.25, 0.3) is 0 Å². The highest BCUT2D eigenvalue weighted by atomic mass is 16.6. The van der Waals surface area contributed by atoms with Crippen molar-refractivity contribution in [3.8, 4) is 0 Å². The molecule has 0 radical (unpaired) electrons. The molecule has 2 atom stereocenters. The Kier molecular flexibility index (Phi) is 6.23. The Morgan fingerprint density at radius 1 is 1.47 bits per heavy atom. The summed E-state index contributed by atoms with van der Waals surface area (Å²) in [4.78, 5) is 14.1. The highest BCUT2D eigenvalue weighted by molar-refractivity contribution is 5.76. The molecule has 0 aromatic carbocycles. The topological polar surface area (TPSA) is 59.0 Å². The van der Waals surface area contributed by atoms with E-state index >= 15 is 0 Å². The van der Waals surface area contributed by atoms with Crippen LogP contribution in [0.2, 0.25) is 0 Å². The van der Waals surface area contributed by atoms with E-state index in [9.17, 15) is 9.90 Å². The number of carbonyl (C=O) groups is 1. The summed E-state index contributed by atoms with van der Waals surface area (Å²) < 4.78 is 10.6. The molecule has 0 bridgehead atoms. The van der Waals surface area contributed by atoms with Gasteiger partial charge in [-0.1, -0.05) is 0 Å². The van der Waals surface area contributed by atoms with Gasteiger partial charge in [0.1, 0.15) is 11.6 Å². The molecule has 5 heteroatoms. The quantitative estimate of drug-likeness (QED) is 0.737. The Bertz CT molecular complexity index is 288. The van der Waals surface area contributed by atoms with E-state index in [4.69, 9.17) is 9.47 Å². The molecule has 1 heterocycles. The third-order valence-corrected chi connectivity index (χ3v) is 3.00. The van der Waals surface area contributed by atoms with E-state index < -0.39 is 11.7 Å². The molecule has 1 rings (SSSR count). The first-order chi connectivity index (χ1) is 8.83. The number of hydrogen-bond donors (Lipinski definition) is 1. The third-order valence-electron chi connectivity index (χ3n) is 3.00. The van der Waals surface area contributed by atoms with Crippen molar-refractivity contribution in [2.75, 3.05) is 26.3 Å². The van der Waals surface area contributed by atoms with Crippen LogP contribution in [0.4, 0.5) is 0 Å². The SMILES string of the molecule is CCOCC(O)CN1CCC[C@@H]1C(=O)OC(C)(C)C. The van der Waals surface area contributed by atoms with E-state index in [1.165, 1.54) is 0 Å². The summed E-state index contributed by atoms with van der Waals surface area (Å²) in [5.41, 5.74) is -0.463. The van der Waals surface area contributed by atoms with Crippen molar-refractivity contribution in [2.24, 2.45) is 0 Å². The van der Waals surface area contributed by atoms with Crippen molar-refractivity contribution in [3.63, 3.8) is 0 Å². The van der Waals surface area contributed by atoms with Gasteiger partial charge >= 0.3 is 5.97 Å². The van der Waals surface area contributed by atoms with Gasteiger partial charge in [0.15, 0.2) is 0 Å². The second-order valence-electron chi connectivity index (χ2n) is 6.00. The molecule has 0 spiro atoms. The van der Waals surface area contributed by atoms with E-state index in [0.29, 0.717) is 19.8 Å². The summed E-state index contributed by atoms with van der Waals surface area (Å²) in [6.07, 6.45) is 1.21. The summed E-state index contributed by atoms with van der Waals surface area (Å²) in [5, 5.41) is 9.85. The van der Waals surface area contributed by atoms with Gasteiger partial charge in [-0.15, -0.1) is 0 Å². The van der Waals surface area contributed by atoms with E-state index in [0.717, 1.165) is 19.4 Å². The molecule has 0 amide bonds. The number of rotatable bonds is 6. The number of carbonyl (C=O) groups excluding carboxylic acids is 1. The molecular formula is C14H27NO4. The van der Waals surface area contributed by atoms with Gasteiger partial charge in [0, 0.05) is 13.2 Å². The number of aliphatic hydroxyl groups is 1. The van der Waals surface area contributed by atoms with Crippen LogP contribution in [0.1, 0.15) is 40.5 Å². The molecule has 1 saturated heterocycles. The summed E-state index contributed by atoms with van der Waals surface area (Å²) in [7, 11) is 0. The van der Waals surface area contributed by atoms with Crippen LogP contribution in [0.5, 0.6) is 0 Å². The predicted molar refractivity (Wildman–Crippen MR) is 72.9 cm³/mol. The monoisotopic (exact) mass is 273 g/mol. The number of esters is 1. The molecule has 0 aromatic heterocycles. The van der Waals surface area contributed by atoms with Crippen molar-refractivity contribution in [1.82, 2.24) is 4.90 Å². The first-order valence-electron chi connectivity index (χ1n) is 7.06. The van der Waals surface area contributed by atoms with Crippen LogP contribution in [-0.4, -0.2) is 60.0 Å². The minimum atomic E-state index is -0.553. The van der Waals surface area contributed by atoms with E-state index in [1.54, 1.807) is 0 Å². The summed E-state index contributed by atoms with van der Waals surface area (Å²) in [6, 6.07) is -0.226. The maximum Gasteiger partial charge on any atom is 0.323 e. The van der Waals surface area contributed by atoms with Gasteiger partial charge in [0.2, 0.25) is 0 Å². The van der Waals surface area contributed by atoms with Crippen molar-refractivity contribution in [2.45, 2.75) is 58.3 Å². The fraction of sp³-hybridized carbons (Fsp3) is 0.929. The zero-order chi connectivity index (χ0) is 14.5. The number of nitrogens with zero attached hydrogens (tertiary/aromatic N) is 1. The summed E-state index contributed by atoms with van der Waals surface area (Å²) in [5.74, 6) is -0.186. The Labute approximate surface area is 115 Å². The Morgan fingerprint density at radius 2 is 2.16 bits per heavy atom. The maximum atomic E-state index is 12.1. The first kappa shape index (κ1) is 16.4. The molecule has 0 aromatic rings. The zero-order valence-electron chi connectivity index (χ0n) is 12.5. The second kappa shape index (κ2) is 7.22. The lowest BCUT2D eigenvalue weighted by Gasteiger charge is -2.28. The van der Waals surface area contributed by atoms with Gasteiger partial charge in [-0.3, -0.25) is 9.69 Å². The molecule has 0 aliphatic carbocycles. The molecule has 1 N–H and O–H groups in total. The Hall–Kier alpha value is -0.650. The van der Waals surface area contributed by atoms with Gasteiger partial charge in [0.05, 0.1) is 12.7 Å². The summed E-state index contributed by atoms with van der Waals surface area (Å²) >= 11 is 0. The molecular weight excluding hydrogens is 246 g/mol. The molecule has 19 heavy (non-hydrogen) atoms. The van der Waals surface area contributed by atoms with Gasteiger partial charge in [-0.25, -0.2) is 0 Å². The second-order valence-corrected chi connectivity index (χ2v) is 6.00. The molecule has 1 unspecified atom stereocenters. The van der Waals surface area contributed by atoms with E-state index in [1.807, 2.05) is 32.6 Å². The molecule has 0 saturated carbocycles. The minimum absolute atomic E-state index is 0.186. The van der Waals surface area contributed by atoms with Crippen LogP contribution in [0.25, 0.3) is 0 Å². The highest BCUT2D eigenvalue weighted by Gasteiger charge is 2.34. The fourth-order valence-corrected chi connectivity index (χ4v) is 2.26. The molecule has 112 valence electrons. The van der Waals surface area contributed by atoms with Gasteiger partial charge < -0.3 is 14.6 Å².